The average Bonchev–Trinajstić information content (AvgIpc) is 2.81. The number of ether oxygens (including phenoxy) is 1. The molecule has 0 aliphatic carbocycles. The van der Waals surface area contributed by atoms with Crippen molar-refractivity contribution >= 4 is 5.97 Å². The molecule has 2 heterocycles. The molecule has 0 aromatic heterocycles. The van der Waals surface area contributed by atoms with Crippen LogP contribution in [0, 0.1) is 0 Å². The van der Waals surface area contributed by atoms with Gasteiger partial charge in [0.1, 0.15) is 12.0 Å². The second-order valence-corrected chi connectivity index (χ2v) is 6.34. The first kappa shape index (κ1) is 15.8. The summed E-state index contributed by atoms with van der Waals surface area (Å²) in [6.45, 7) is 5.80. The van der Waals surface area contributed by atoms with Gasteiger partial charge in [-0.3, -0.25) is 4.79 Å². The van der Waals surface area contributed by atoms with Crippen LogP contribution < -0.4 is 0 Å². The van der Waals surface area contributed by atoms with Gasteiger partial charge in [0.25, 0.3) is 0 Å². The third kappa shape index (κ3) is 3.17. The Balaban J connectivity index is 1.64. The summed E-state index contributed by atoms with van der Waals surface area (Å²) in [4.78, 5) is 14.7. The van der Waals surface area contributed by atoms with Crippen LogP contribution in [0.1, 0.15) is 31.2 Å². The van der Waals surface area contributed by atoms with E-state index in [-0.39, 0.29) is 30.8 Å². The van der Waals surface area contributed by atoms with Gasteiger partial charge < -0.3 is 14.7 Å². The van der Waals surface area contributed by atoms with Crippen LogP contribution in [-0.4, -0.2) is 40.8 Å². The molecular formula is C19H23NO3. The Morgan fingerprint density at radius 3 is 2.43 bits per heavy atom. The highest BCUT2D eigenvalue weighted by atomic mass is 16.5. The molecule has 4 nitrogen and oxygen atoms in total. The smallest absolute Gasteiger partial charge is 0.316 e. The van der Waals surface area contributed by atoms with Crippen LogP contribution in [0.3, 0.4) is 0 Å². The number of piperidine rings is 1. The van der Waals surface area contributed by atoms with Crippen molar-refractivity contribution in [3.63, 3.8) is 0 Å². The summed E-state index contributed by atoms with van der Waals surface area (Å²) >= 11 is 0. The number of aliphatic hydroxyl groups excluding tert-OH is 1. The lowest BCUT2D eigenvalue weighted by atomic mass is 9.97. The molecule has 0 radical (unpaired) electrons. The molecule has 1 N–H and O–H groups in total. The van der Waals surface area contributed by atoms with E-state index in [0.29, 0.717) is 0 Å². The van der Waals surface area contributed by atoms with E-state index in [1.54, 1.807) is 0 Å². The molecule has 0 saturated carbocycles. The summed E-state index contributed by atoms with van der Waals surface area (Å²) < 4.78 is 5.71. The second-order valence-electron chi connectivity index (χ2n) is 6.34. The fraction of sp³-hybridized carbons (Fsp3) is 0.421. The lowest BCUT2D eigenvalue weighted by Gasteiger charge is -2.40. The first-order chi connectivity index (χ1) is 11.1. The van der Waals surface area contributed by atoms with E-state index in [4.69, 9.17) is 4.74 Å². The van der Waals surface area contributed by atoms with Crippen LogP contribution in [0.2, 0.25) is 0 Å². The highest BCUT2D eigenvalue weighted by Crippen LogP contribution is 2.35. The molecular weight excluding hydrogens is 290 g/mol. The molecule has 1 fully saturated rings. The topological polar surface area (TPSA) is 49.8 Å². The zero-order valence-corrected chi connectivity index (χ0v) is 13.4. The number of carbonyl (C=O) groups excluding carboxylic acids is 1. The maximum atomic E-state index is 12.5. The van der Waals surface area contributed by atoms with Crippen LogP contribution in [0.5, 0.6) is 0 Å². The molecule has 2 bridgehead atoms. The lowest BCUT2D eigenvalue weighted by Crippen LogP contribution is -2.45. The molecule has 3 rings (SSSR count). The predicted molar refractivity (Wildman–Crippen MR) is 88.8 cm³/mol. The van der Waals surface area contributed by atoms with Gasteiger partial charge in [-0.2, -0.15) is 0 Å². The Labute approximate surface area is 137 Å². The monoisotopic (exact) mass is 313 g/mol. The van der Waals surface area contributed by atoms with E-state index in [2.05, 4.69) is 23.6 Å². The largest absolute Gasteiger partial charge is 0.462 e. The third-order valence-electron chi connectivity index (χ3n) is 4.67. The molecule has 3 atom stereocenters. The molecule has 1 saturated heterocycles. The SMILES string of the molecule is C=C(C)N1C2C=CC1CC(OC(=O)C(CO)c1ccccc1)C2. The summed E-state index contributed by atoms with van der Waals surface area (Å²) in [5, 5.41) is 9.58. The number of hydrogen-bond donors (Lipinski definition) is 1. The molecule has 122 valence electrons. The molecule has 2 aliphatic rings. The van der Waals surface area contributed by atoms with Crippen LogP contribution >= 0.6 is 0 Å². The Morgan fingerprint density at radius 1 is 1.30 bits per heavy atom. The Bertz CT molecular complexity index is 594. The average molecular weight is 313 g/mol. The standard InChI is InChI=1S/C19H23NO3/c1-13(2)20-15-8-9-16(20)11-17(10-15)23-19(22)18(12-21)14-6-4-3-5-7-14/h3-9,15-18,21H,1,10-12H2,2H3. The number of benzene rings is 1. The molecule has 4 heteroatoms. The highest BCUT2D eigenvalue weighted by molar-refractivity contribution is 5.78. The van der Waals surface area contributed by atoms with E-state index in [1.807, 2.05) is 37.3 Å². The molecule has 3 unspecified atom stereocenters. The summed E-state index contributed by atoms with van der Waals surface area (Å²) in [7, 11) is 0. The van der Waals surface area contributed by atoms with Gasteiger partial charge in [-0.25, -0.2) is 0 Å². The summed E-state index contributed by atoms with van der Waals surface area (Å²) in [6.07, 6.45) is 5.79. The Hall–Kier alpha value is -2.07. The number of hydrogen-bond acceptors (Lipinski definition) is 4. The second kappa shape index (κ2) is 6.59. The molecule has 23 heavy (non-hydrogen) atoms. The van der Waals surface area contributed by atoms with E-state index in [0.717, 1.165) is 24.1 Å². The van der Waals surface area contributed by atoms with Crippen molar-refractivity contribution in [1.29, 1.82) is 0 Å². The van der Waals surface area contributed by atoms with Gasteiger partial charge in [-0.1, -0.05) is 49.1 Å². The quantitative estimate of drug-likeness (QED) is 0.670. The number of aliphatic hydroxyl groups is 1. The number of carbonyl (C=O) groups is 1. The summed E-state index contributed by atoms with van der Waals surface area (Å²) in [5.41, 5.74) is 1.84. The zero-order chi connectivity index (χ0) is 16.4. The first-order valence-corrected chi connectivity index (χ1v) is 8.08. The lowest BCUT2D eigenvalue weighted by molar-refractivity contribution is -0.154. The maximum absolute atomic E-state index is 12.5. The van der Waals surface area contributed by atoms with Crippen LogP contribution in [0.15, 0.2) is 54.8 Å². The summed E-state index contributed by atoms with van der Waals surface area (Å²) in [5.74, 6) is -0.951. The van der Waals surface area contributed by atoms with Crippen molar-refractivity contribution in [2.24, 2.45) is 0 Å². The van der Waals surface area contributed by atoms with Crippen molar-refractivity contribution < 1.29 is 14.6 Å². The zero-order valence-electron chi connectivity index (χ0n) is 13.4. The fourth-order valence-corrected chi connectivity index (χ4v) is 3.62. The van der Waals surface area contributed by atoms with Gasteiger partial charge in [0.05, 0.1) is 18.7 Å². The van der Waals surface area contributed by atoms with E-state index in [1.165, 1.54) is 0 Å². The van der Waals surface area contributed by atoms with Crippen molar-refractivity contribution in [2.45, 2.75) is 43.9 Å². The van der Waals surface area contributed by atoms with Gasteiger partial charge in [0.2, 0.25) is 0 Å². The van der Waals surface area contributed by atoms with Crippen molar-refractivity contribution in [2.75, 3.05) is 6.61 Å². The number of nitrogens with zero attached hydrogens (tertiary/aromatic N) is 1. The maximum Gasteiger partial charge on any atom is 0.316 e. The summed E-state index contributed by atoms with van der Waals surface area (Å²) in [6, 6.07) is 9.82. The minimum atomic E-state index is -0.610. The number of allylic oxidation sites excluding steroid dienone is 1. The Morgan fingerprint density at radius 2 is 1.91 bits per heavy atom. The highest BCUT2D eigenvalue weighted by Gasteiger charge is 2.39. The minimum Gasteiger partial charge on any atom is -0.462 e. The van der Waals surface area contributed by atoms with Gasteiger partial charge >= 0.3 is 5.97 Å². The van der Waals surface area contributed by atoms with E-state index < -0.39 is 5.92 Å². The Kier molecular flexibility index (Phi) is 4.53. The van der Waals surface area contributed by atoms with E-state index in [9.17, 15) is 9.90 Å². The van der Waals surface area contributed by atoms with Gasteiger partial charge in [0.15, 0.2) is 0 Å². The molecule has 1 aromatic carbocycles. The van der Waals surface area contributed by atoms with Crippen molar-refractivity contribution in [3.05, 3.63) is 60.3 Å². The number of rotatable bonds is 5. The molecule has 2 aliphatic heterocycles. The first-order valence-electron chi connectivity index (χ1n) is 8.08. The number of fused-ring (bicyclic) bond motifs is 2. The molecule has 0 spiro atoms. The van der Waals surface area contributed by atoms with Crippen molar-refractivity contribution in [3.8, 4) is 0 Å². The normalized spacial score (nSPS) is 26.9. The predicted octanol–water partition coefficient (Wildman–Crippen LogP) is 2.61. The third-order valence-corrected chi connectivity index (χ3v) is 4.67. The van der Waals surface area contributed by atoms with Crippen LogP contribution in [-0.2, 0) is 9.53 Å². The van der Waals surface area contributed by atoms with Gasteiger partial charge in [0, 0.05) is 18.5 Å². The van der Waals surface area contributed by atoms with Crippen LogP contribution in [0.25, 0.3) is 0 Å². The van der Waals surface area contributed by atoms with Crippen LogP contribution in [0.4, 0.5) is 0 Å². The van der Waals surface area contributed by atoms with Gasteiger partial charge in [-0.05, 0) is 12.5 Å². The molecule has 0 amide bonds. The van der Waals surface area contributed by atoms with E-state index >= 15 is 0 Å². The molecule has 1 aromatic rings. The van der Waals surface area contributed by atoms with Crippen molar-refractivity contribution in [1.82, 2.24) is 4.90 Å². The number of esters is 1. The fourth-order valence-electron chi connectivity index (χ4n) is 3.62. The minimum absolute atomic E-state index is 0.110. The van der Waals surface area contributed by atoms with Gasteiger partial charge in [-0.15, -0.1) is 0 Å².